The number of hydrogen-bond donors (Lipinski definition) is 2. The summed E-state index contributed by atoms with van der Waals surface area (Å²) in [5.41, 5.74) is 1.66. The molecule has 0 radical (unpaired) electrons. The molecule has 1 heterocycles. The molecule has 0 atom stereocenters. The fourth-order valence-corrected chi connectivity index (χ4v) is 1.45. The molecule has 6 nitrogen and oxygen atoms in total. The number of carbonyl (C=O) groups excluding carboxylic acids is 1. The Hall–Kier alpha value is -2.81. The molecule has 1 aromatic heterocycles. The lowest BCUT2D eigenvalue weighted by molar-refractivity contribution is 0.262. The molecule has 0 aliphatic heterocycles. The number of urea groups is 1. The van der Waals surface area contributed by atoms with Crippen LogP contribution in [0.5, 0.6) is 0 Å². The van der Waals surface area contributed by atoms with Crippen molar-refractivity contribution in [3.05, 3.63) is 42.2 Å². The van der Waals surface area contributed by atoms with Gasteiger partial charge in [0.2, 0.25) is 0 Å². The molecule has 0 spiro atoms. The van der Waals surface area contributed by atoms with Gasteiger partial charge in [-0.2, -0.15) is 10.4 Å². The second-order valence-corrected chi connectivity index (χ2v) is 3.67. The minimum absolute atomic E-state index is 0.377. The third-order valence-corrected chi connectivity index (χ3v) is 2.21. The van der Waals surface area contributed by atoms with E-state index in [-0.39, 0.29) is 6.03 Å². The van der Waals surface area contributed by atoms with Crippen LogP contribution in [-0.4, -0.2) is 15.8 Å². The first kappa shape index (κ1) is 11.7. The highest BCUT2D eigenvalue weighted by Gasteiger charge is 2.04. The van der Waals surface area contributed by atoms with E-state index in [0.717, 1.165) is 0 Å². The Morgan fingerprint density at radius 2 is 2.17 bits per heavy atom. The molecule has 18 heavy (non-hydrogen) atoms. The van der Waals surface area contributed by atoms with Gasteiger partial charge in [-0.1, -0.05) is 6.07 Å². The highest BCUT2D eigenvalue weighted by atomic mass is 16.2. The number of aryl methyl sites for hydroxylation is 1. The van der Waals surface area contributed by atoms with Crippen LogP contribution in [0.1, 0.15) is 5.56 Å². The van der Waals surface area contributed by atoms with Crippen LogP contribution in [0.3, 0.4) is 0 Å². The van der Waals surface area contributed by atoms with E-state index < -0.39 is 0 Å². The number of nitrogens with zero attached hydrogens (tertiary/aromatic N) is 3. The van der Waals surface area contributed by atoms with Gasteiger partial charge in [0.05, 0.1) is 23.5 Å². The Balaban J connectivity index is 2.01. The quantitative estimate of drug-likeness (QED) is 0.842. The van der Waals surface area contributed by atoms with Gasteiger partial charge in [-0.3, -0.25) is 4.68 Å². The summed E-state index contributed by atoms with van der Waals surface area (Å²) in [5.74, 6) is 0. The van der Waals surface area contributed by atoms with E-state index in [1.54, 1.807) is 48.4 Å². The molecule has 0 aliphatic carbocycles. The van der Waals surface area contributed by atoms with Crippen molar-refractivity contribution in [1.82, 2.24) is 9.78 Å². The lowest BCUT2D eigenvalue weighted by Crippen LogP contribution is -2.19. The van der Waals surface area contributed by atoms with Crippen LogP contribution in [0.15, 0.2) is 36.7 Å². The Morgan fingerprint density at radius 3 is 2.83 bits per heavy atom. The molecular weight excluding hydrogens is 230 g/mol. The van der Waals surface area contributed by atoms with Gasteiger partial charge in [0.15, 0.2) is 0 Å². The lowest BCUT2D eigenvalue weighted by atomic mass is 10.2. The normalized spacial score (nSPS) is 9.56. The minimum Gasteiger partial charge on any atom is -0.308 e. The smallest absolute Gasteiger partial charge is 0.308 e. The van der Waals surface area contributed by atoms with Gasteiger partial charge in [-0.15, -0.1) is 0 Å². The van der Waals surface area contributed by atoms with Crippen molar-refractivity contribution in [3.8, 4) is 6.07 Å². The molecule has 2 rings (SSSR count). The summed E-state index contributed by atoms with van der Waals surface area (Å²) in [4.78, 5) is 11.6. The van der Waals surface area contributed by atoms with E-state index in [4.69, 9.17) is 5.26 Å². The molecule has 2 aromatic rings. The summed E-state index contributed by atoms with van der Waals surface area (Å²) in [6.45, 7) is 0. The molecule has 1 aromatic carbocycles. The van der Waals surface area contributed by atoms with Crippen LogP contribution in [0.25, 0.3) is 0 Å². The molecule has 2 amide bonds. The standard InChI is InChI=1S/C12H11N5O/c1-17-8-11(7-14-17)16-12(18)15-10-4-2-3-9(5-10)6-13/h2-5,7-8H,1H3,(H2,15,16,18). The van der Waals surface area contributed by atoms with Gasteiger partial charge in [-0.05, 0) is 18.2 Å². The number of aromatic nitrogens is 2. The van der Waals surface area contributed by atoms with Crippen molar-refractivity contribution in [1.29, 1.82) is 5.26 Å². The third-order valence-electron chi connectivity index (χ3n) is 2.21. The van der Waals surface area contributed by atoms with E-state index >= 15 is 0 Å². The molecule has 0 aliphatic rings. The van der Waals surface area contributed by atoms with Gasteiger partial charge >= 0.3 is 6.03 Å². The van der Waals surface area contributed by atoms with E-state index in [9.17, 15) is 4.79 Å². The van der Waals surface area contributed by atoms with Gasteiger partial charge in [0.1, 0.15) is 0 Å². The monoisotopic (exact) mass is 241 g/mol. The molecule has 0 fully saturated rings. The van der Waals surface area contributed by atoms with Crippen LogP contribution in [-0.2, 0) is 7.05 Å². The van der Waals surface area contributed by atoms with Crippen LogP contribution in [0.4, 0.5) is 16.2 Å². The number of benzene rings is 1. The van der Waals surface area contributed by atoms with Crippen LogP contribution < -0.4 is 10.6 Å². The number of rotatable bonds is 2. The number of hydrogen-bond acceptors (Lipinski definition) is 3. The maximum Gasteiger partial charge on any atom is 0.323 e. The molecule has 0 bridgehead atoms. The lowest BCUT2D eigenvalue weighted by Gasteiger charge is -2.05. The van der Waals surface area contributed by atoms with Crippen molar-refractivity contribution in [2.45, 2.75) is 0 Å². The Morgan fingerprint density at radius 1 is 1.39 bits per heavy atom. The van der Waals surface area contributed by atoms with E-state index in [0.29, 0.717) is 16.9 Å². The number of anilines is 2. The second kappa shape index (κ2) is 5.01. The zero-order chi connectivity index (χ0) is 13.0. The summed E-state index contributed by atoms with van der Waals surface area (Å²) >= 11 is 0. The molecule has 0 unspecified atom stereocenters. The van der Waals surface area contributed by atoms with Crippen molar-refractivity contribution in [2.75, 3.05) is 10.6 Å². The number of nitrogens with one attached hydrogen (secondary N) is 2. The molecule has 6 heteroatoms. The zero-order valence-electron chi connectivity index (χ0n) is 9.71. The van der Waals surface area contributed by atoms with Crippen molar-refractivity contribution in [2.24, 2.45) is 7.05 Å². The first-order chi connectivity index (χ1) is 8.67. The van der Waals surface area contributed by atoms with E-state index in [1.165, 1.54) is 0 Å². The van der Waals surface area contributed by atoms with Gasteiger partial charge in [0, 0.05) is 18.9 Å². The average Bonchev–Trinajstić information content (AvgIpc) is 2.74. The Kier molecular flexibility index (Phi) is 3.25. The predicted molar refractivity (Wildman–Crippen MR) is 67.0 cm³/mol. The van der Waals surface area contributed by atoms with Crippen molar-refractivity contribution >= 4 is 17.4 Å². The van der Waals surface area contributed by atoms with E-state index in [2.05, 4.69) is 15.7 Å². The first-order valence-electron chi connectivity index (χ1n) is 5.24. The predicted octanol–water partition coefficient (Wildman–Crippen LogP) is 1.94. The van der Waals surface area contributed by atoms with Crippen LogP contribution in [0, 0.1) is 11.3 Å². The summed E-state index contributed by atoms with van der Waals surface area (Å²) < 4.78 is 1.59. The fourth-order valence-electron chi connectivity index (χ4n) is 1.45. The summed E-state index contributed by atoms with van der Waals surface area (Å²) in [7, 11) is 1.76. The van der Waals surface area contributed by atoms with Gasteiger partial charge in [-0.25, -0.2) is 4.79 Å². The number of nitriles is 1. The SMILES string of the molecule is Cn1cc(NC(=O)Nc2cccc(C#N)c2)cn1. The summed E-state index contributed by atoms with van der Waals surface area (Å²) in [5, 5.41) is 17.9. The molecule has 2 N–H and O–H groups in total. The molecule has 0 saturated heterocycles. The molecule has 0 saturated carbocycles. The van der Waals surface area contributed by atoms with Gasteiger partial charge in [0.25, 0.3) is 0 Å². The van der Waals surface area contributed by atoms with Crippen molar-refractivity contribution in [3.63, 3.8) is 0 Å². The van der Waals surface area contributed by atoms with Gasteiger partial charge < -0.3 is 10.6 Å². The Bertz CT molecular complexity index is 611. The Labute approximate surface area is 104 Å². The third kappa shape index (κ3) is 2.86. The fraction of sp³-hybridized carbons (Fsp3) is 0.0833. The topological polar surface area (TPSA) is 82.7 Å². The first-order valence-corrected chi connectivity index (χ1v) is 5.24. The summed E-state index contributed by atoms with van der Waals surface area (Å²) in [6.07, 6.45) is 3.23. The highest BCUT2D eigenvalue weighted by molar-refractivity contribution is 5.99. The minimum atomic E-state index is -0.377. The highest BCUT2D eigenvalue weighted by Crippen LogP contribution is 2.10. The number of amides is 2. The van der Waals surface area contributed by atoms with Crippen molar-refractivity contribution < 1.29 is 4.79 Å². The van der Waals surface area contributed by atoms with Crippen LogP contribution in [0.2, 0.25) is 0 Å². The maximum atomic E-state index is 11.6. The second-order valence-electron chi connectivity index (χ2n) is 3.67. The largest absolute Gasteiger partial charge is 0.323 e. The molecular formula is C12H11N5O. The average molecular weight is 241 g/mol. The number of carbonyl (C=O) groups is 1. The van der Waals surface area contributed by atoms with E-state index in [1.807, 2.05) is 6.07 Å². The van der Waals surface area contributed by atoms with Crippen LogP contribution >= 0.6 is 0 Å². The molecule has 90 valence electrons. The summed E-state index contributed by atoms with van der Waals surface area (Å²) in [6, 6.07) is 8.32. The maximum absolute atomic E-state index is 11.6. The zero-order valence-corrected chi connectivity index (χ0v) is 9.71.